The summed E-state index contributed by atoms with van der Waals surface area (Å²) in [4.78, 5) is 14.7. The van der Waals surface area contributed by atoms with E-state index in [2.05, 4.69) is 21.0 Å². The van der Waals surface area contributed by atoms with E-state index in [0.29, 0.717) is 6.54 Å². The first-order valence-corrected chi connectivity index (χ1v) is 11.2. The zero-order valence-electron chi connectivity index (χ0n) is 16.0. The maximum atomic E-state index is 12.6. The Morgan fingerprint density at radius 2 is 1.78 bits per heavy atom. The summed E-state index contributed by atoms with van der Waals surface area (Å²) in [5.41, 5.74) is 5.84. The summed E-state index contributed by atoms with van der Waals surface area (Å²) >= 11 is 0. The second kappa shape index (κ2) is 7.07. The van der Waals surface area contributed by atoms with E-state index >= 15 is 0 Å². The Bertz CT molecular complexity index is 836. The van der Waals surface area contributed by atoms with Crippen LogP contribution in [-0.4, -0.2) is 56.9 Å². The van der Waals surface area contributed by atoms with Gasteiger partial charge in [0.1, 0.15) is 0 Å². The van der Waals surface area contributed by atoms with Crippen molar-refractivity contribution in [1.82, 2.24) is 13.9 Å². The average Bonchev–Trinajstić information content (AvgIpc) is 3.33. The number of hydrogen-bond donors (Lipinski definition) is 2. The lowest BCUT2D eigenvalue weighted by molar-refractivity contribution is 0.255. The zero-order valence-corrected chi connectivity index (χ0v) is 16.9. The summed E-state index contributed by atoms with van der Waals surface area (Å²) in [5.74, 6) is 0. The number of carbonyl (C=O) groups is 1. The SMILES string of the molecule is CN1CCC(N(C)S(=O)(=O)NC(=O)Nc2c3c(cc4c2CCC4)CCC3)C1. The summed E-state index contributed by atoms with van der Waals surface area (Å²) in [6, 6.07) is 1.52. The Morgan fingerprint density at radius 3 is 2.33 bits per heavy atom. The first-order chi connectivity index (χ1) is 12.8. The molecular formula is C19H28N4O3S. The number of aryl methyl sites for hydroxylation is 2. The molecule has 0 bridgehead atoms. The van der Waals surface area contributed by atoms with Crippen LogP contribution in [0, 0.1) is 0 Å². The van der Waals surface area contributed by atoms with Crippen LogP contribution in [0.1, 0.15) is 41.5 Å². The lowest BCUT2D eigenvalue weighted by atomic mass is 9.99. The molecule has 2 aliphatic carbocycles. The molecule has 1 unspecified atom stereocenters. The Morgan fingerprint density at radius 1 is 1.15 bits per heavy atom. The topological polar surface area (TPSA) is 81.8 Å². The van der Waals surface area contributed by atoms with Crippen molar-refractivity contribution in [2.24, 2.45) is 0 Å². The maximum Gasteiger partial charge on any atom is 0.333 e. The van der Waals surface area contributed by atoms with Gasteiger partial charge in [0, 0.05) is 25.3 Å². The van der Waals surface area contributed by atoms with Crippen LogP contribution in [0.5, 0.6) is 0 Å². The molecule has 1 aliphatic heterocycles. The van der Waals surface area contributed by atoms with Crippen molar-refractivity contribution < 1.29 is 13.2 Å². The average molecular weight is 393 g/mol. The van der Waals surface area contributed by atoms with E-state index in [0.717, 1.165) is 57.2 Å². The Labute approximate surface area is 161 Å². The number of fused-ring (bicyclic) bond motifs is 2. The lowest BCUT2D eigenvalue weighted by Gasteiger charge is -2.24. The molecule has 2 N–H and O–H groups in total. The van der Waals surface area contributed by atoms with Crippen LogP contribution in [-0.2, 0) is 35.9 Å². The molecule has 0 saturated carbocycles. The molecule has 1 aromatic carbocycles. The Balaban J connectivity index is 1.50. The summed E-state index contributed by atoms with van der Waals surface area (Å²) in [5, 5.41) is 2.89. The molecule has 1 saturated heterocycles. The van der Waals surface area contributed by atoms with Crippen molar-refractivity contribution in [2.75, 3.05) is 32.5 Å². The molecule has 3 aliphatic rings. The van der Waals surface area contributed by atoms with Crippen LogP contribution in [0.3, 0.4) is 0 Å². The normalized spacial score (nSPS) is 22.1. The molecule has 27 heavy (non-hydrogen) atoms. The van der Waals surface area contributed by atoms with Crippen LogP contribution in [0.25, 0.3) is 0 Å². The zero-order chi connectivity index (χ0) is 19.2. The third kappa shape index (κ3) is 3.58. The molecule has 1 heterocycles. The molecule has 4 rings (SSSR count). The predicted octanol–water partition coefficient (Wildman–Crippen LogP) is 1.67. The standard InChI is InChI=1S/C19H28N4O3S/c1-22-10-9-15(12-22)23(2)27(25,26)21-19(24)20-18-16-7-3-5-13(16)11-14-6-4-8-17(14)18/h11,15H,3-10,12H2,1-2H3,(H2,20,21,24). The van der Waals surface area contributed by atoms with Gasteiger partial charge >= 0.3 is 16.2 Å². The second-order valence-corrected chi connectivity index (χ2v) is 9.75. The second-order valence-electron chi connectivity index (χ2n) is 8.02. The number of hydrogen-bond acceptors (Lipinski definition) is 4. The van der Waals surface area contributed by atoms with Crippen molar-refractivity contribution in [1.29, 1.82) is 0 Å². The van der Waals surface area contributed by atoms with E-state index in [1.165, 1.54) is 33.6 Å². The fourth-order valence-electron chi connectivity index (χ4n) is 4.70. The van der Waals surface area contributed by atoms with Gasteiger partial charge in [-0.15, -0.1) is 0 Å². The van der Waals surface area contributed by atoms with Gasteiger partial charge in [-0.05, 0) is 80.8 Å². The van der Waals surface area contributed by atoms with E-state index in [-0.39, 0.29) is 6.04 Å². The van der Waals surface area contributed by atoms with Crippen LogP contribution in [0.2, 0.25) is 0 Å². The number of nitrogens with one attached hydrogen (secondary N) is 2. The van der Waals surface area contributed by atoms with Gasteiger partial charge in [-0.25, -0.2) is 9.52 Å². The number of carbonyl (C=O) groups excluding carboxylic acids is 1. The van der Waals surface area contributed by atoms with Gasteiger partial charge in [0.15, 0.2) is 0 Å². The third-order valence-corrected chi connectivity index (χ3v) is 7.69. The molecule has 1 atom stereocenters. The van der Waals surface area contributed by atoms with Gasteiger partial charge < -0.3 is 10.2 Å². The molecule has 7 nitrogen and oxygen atoms in total. The van der Waals surface area contributed by atoms with Crippen LogP contribution < -0.4 is 10.0 Å². The van der Waals surface area contributed by atoms with Crippen LogP contribution in [0.15, 0.2) is 6.07 Å². The minimum atomic E-state index is -3.87. The van der Waals surface area contributed by atoms with E-state index in [4.69, 9.17) is 0 Å². The molecule has 1 fully saturated rings. The van der Waals surface area contributed by atoms with Gasteiger partial charge in [0.05, 0.1) is 0 Å². The van der Waals surface area contributed by atoms with E-state index in [1.807, 2.05) is 7.05 Å². The number of rotatable bonds is 4. The minimum Gasteiger partial charge on any atom is -0.307 e. The maximum absolute atomic E-state index is 12.6. The molecule has 8 heteroatoms. The van der Waals surface area contributed by atoms with Gasteiger partial charge in [0.2, 0.25) is 0 Å². The number of anilines is 1. The Hall–Kier alpha value is -1.64. The van der Waals surface area contributed by atoms with Gasteiger partial charge in [-0.1, -0.05) is 6.07 Å². The molecule has 0 spiro atoms. The Kier molecular flexibility index (Phi) is 4.90. The van der Waals surface area contributed by atoms with Gasteiger partial charge in [-0.3, -0.25) is 0 Å². The highest BCUT2D eigenvalue weighted by molar-refractivity contribution is 7.87. The van der Waals surface area contributed by atoms with E-state index in [1.54, 1.807) is 0 Å². The summed E-state index contributed by atoms with van der Waals surface area (Å²) in [7, 11) is -0.362. The number of benzene rings is 1. The number of amides is 2. The van der Waals surface area contributed by atoms with Gasteiger partial charge in [-0.2, -0.15) is 12.7 Å². The van der Waals surface area contributed by atoms with E-state index in [9.17, 15) is 13.2 Å². The third-order valence-electron chi connectivity index (χ3n) is 6.19. The minimum absolute atomic E-state index is 0.106. The quantitative estimate of drug-likeness (QED) is 0.817. The lowest BCUT2D eigenvalue weighted by Crippen LogP contribution is -2.48. The predicted molar refractivity (Wildman–Crippen MR) is 105 cm³/mol. The summed E-state index contributed by atoms with van der Waals surface area (Å²) < 4.78 is 28.8. The van der Waals surface area contributed by atoms with Crippen molar-refractivity contribution in [3.8, 4) is 0 Å². The number of nitrogens with zero attached hydrogens (tertiary/aromatic N) is 2. The highest BCUT2D eigenvalue weighted by atomic mass is 32.2. The molecule has 0 radical (unpaired) electrons. The van der Waals surface area contributed by atoms with Crippen LogP contribution >= 0.6 is 0 Å². The number of urea groups is 1. The fourth-order valence-corrected chi connectivity index (χ4v) is 5.69. The van der Waals surface area contributed by atoms with Crippen molar-refractivity contribution in [2.45, 2.75) is 51.0 Å². The molecular weight excluding hydrogens is 364 g/mol. The van der Waals surface area contributed by atoms with Crippen LogP contribution in [0.4, 0.5) is 10.5 Å². The van der Waals surface area contributed by atoms with Crippen molar-refractivity contribution >= 4 is 21.9 Å². The molecule has 2 amide bonds. The number of likely N-dealkylation sites (N-methyl/N-ethyl adjacent to an activating group) is 2. The monoisotopic (exact) mass is 392 g/mol. The summed E-state index contributed by atoms with van der Waals surface area (Å²) in [6.45, 7) is 1.54. The molecule has 148 valence electrons. The fraction of sp³-hybridized carbons (Fsp3) is 0.632. The highest BCUT2D eigenvalue weighted by Crippen LogP contribution is 2.38. The smallest absolute Gasteiger partial charge is 0.307 e. The number of likely N-dealkylation sites (tertiary alicyclic amines) is 1. The largest absolute Gasteiger partial charge is 0.333 e. The highest BCUT2D eigenvalue weighted by Gasteiger charge is 2.32. The van der Waals surface area contributed by atoms with E-state index < -0.39 is 16.2 Å². The summed E-state index contributed by atoms with van der Waals surface area (Å²) in [6.07, 6.45) is 6.91. The first kappa shape index (κ1) is 18.7. The van der Waals surface area contributed by atoms with Crippen molar-refractivity contribution in [3.63, 3.8) is 0 Å². The van der Waals surface area contributed by atoms with Crippen molar-refractivity contribution in [3.05, 3.63) is 28.3 Å². The molecule has 1 aromatic rings. The van der Waals surface area contributed by atoms with Gasteiger partial charge in [0.25, 0.3) is 0 Å². The first-order valence-electron chi connectivity index (χ1n) is 9.77. The molecule has 0 aromatic heterocycles.